The van der Waals surface area contributed by atoms with Crippen LogP contribution in [0.25, 0.3) is 71.0 Å². The van der Waals surface area contributed by atoms with Crippen molar-refractivity contribution in [3.63, 3.8) is 0 Å². The van der Waals surface area contributed by atoms with Gasteiger partial charge in [-0.3, -0.25) is 0 Å². The van der Waals surface area contributed by atoms with E-state index in [2.05, 4.69) is 131 Å². The van der Waals surface area contributed by atoms with Crippen LogP contribution in [0.15, 0.2) is 143 Å². The molecule has 0 bridgehead atoms. The smallest absolute Gasteiger partial charge is 0.137 e. The summed E-state index contributed by atoms with van der Waals surface area (Å²) < 4.78 is 8.58. The number of hydrogen-bond donors (Lipinski definition) is 1. The fourth-order valence-corrected chi connectivity index (χ4v) is 8.18. The van der Waals surface area contributed by atoms with Crippen molar-refractivity contribution in [2.24, 2.45) is 0 Å². The van der Waals surface area contributed by atoms with Gasteiger partial charge >= 0.3 is 0 Å². The summed E-state index contributed by atoms with van der Waals surface area (Å²) in [4.78, 5) is 1.26. The highest BCUT2D eigenvalue weighted by Crippen LogP contribution is 2.51. The van der Waals surface area contributed by atoms with Crippen molar-refractivity contribution in [1.29, 1.82) is 0 Å². The molecule has 1 atom stereocenters. The maximum Gasteiger partial charge on any atom is 0.137 e. The number of anilines is 1. The fraction of sp³-hybridized carbons (Fsp3) is 0.0256. The molecule has 1 aliphatic heterocycles. The third-order valence-electron chi connectivity index (χ3n) is 9.00. The Bertz CT molecular complexity index is 2570. The van der Waals surface area contributed by atoms with Crippen molar-refractivity contribution in [1.82, 2.24) is 4.57 Å². The molecule has 1 N–H and O–H groups in total. The summed E-state index contributed by atoms with van der Waals surface area (Å²) in [5.74, 6) is 0. The van der Waals surface area contributed by atoms with Gasteiger partial charge in [-0.05, 0) is 75.6 Å². The van der Waals surface area contributed by atoms with Gasteiger partial charge in [0, 0.05) is 26.7 Å². The van der Waals surface area contributed by atoms with E-state index in [1.165, 1.54) is 64.9 Å². The Morgan fingerprint density at radius 1 is 0.558 bits per heavy atom. The SMILES string of the molecule is c1ccc2cc3c(cc2c1)c1c2ccccc2ccc1n3-c1ccc(C2Nc3c(ccc4oc5ccccc5c34)S2)cc1. The van der Waals surface area contributed by atoms with Crippen molar-refractivity contribution >= 4 is 82.7 Å². The minimum atomic E-state index is 0.134. The number of nitrogens with zero attached hydrogens (tertiary/aromatic N) is 1. The van der Waals surface area contributed by atoms with E-state index in [1.807, 2.05) is 23.9 Å². The Morgan fingerprint density at radius 3 is 2.16 bits per heavy atom. The maximum atomic E-state index is 6.15. The van der Waals surface area contributed by atoms with Crippen LogP contribution in [-0.2, 0) is 0 Å². The lowest BCUT2D eigenvalue weighted by molar-refractivity contribution is 0.669. The summed E-state index contributed by atoms with van der Waals surface area (Å²) in [7, 11) is 0. The van der Waals surface area contributed by atoms with Gasteiger partial charge in [0.1, 0.15) is 16.5 Å². The second-order valence-electron chi connectivity index (χ2n) is 11.4. The summed E-state index contributed by atoms with van der Waals surface area (Å²) in [6.07, 6.45) is 0. The predicted molar refractivity (Wildman–Crippen MR) is 182 cm³/mol. The van der Waals surface area contributed by atoms with Gasteiger partial charge in [0.05, 0.1) is 22.1 Å². The molecule has 0 fully saturated rings. The summed E-state index contributed by atoms with van der Waals surface area (Å²) in [6, 6.07) is 48.3. The molecular formula is C39H24N2OS. The molecule has 9 aromatic rings. The normalized spacial score (nSPS) is 14.8. The highest BCUT2D eigenvalue weighted by molar-refractivity contribution is 8.00. The van der Waals surface area contributed by atoms with Crippen LogP contribution in [0.1, 0.15) is 10.9 Å². The summed E-state index contributed by atoms with van der Waals surface area (Å²) in [6.45, 7) is 0. The van der Waals surface area contributed by atoms with Crippen molar-refractivity contribution < 1.29 is 4.42 Å². The first-order valence-electron chi connectivity index (χ1n) is 14.6. The molecule has 10 rings (SSSR count). The Kier molecular flexibility index (Phi) is 4.71. The van der Waals surface area contributed by atoms with E-state index >= 15 is 0 Å². The van der Waals surface area contributed by atoms with Gasteiger partial charge in [0.2, 0.25) is 0 Å². The predicted octanol–water partition coefficient (Wildman–Crippen LogP) is 11.2. The molecule has 43 heavy (non-hydrogen) atoms. The van der Waals surface area contributed by atoms with Gasteiger partial charge in [0.25, 0.3) is 0 Å². The lowest BCUT2D eigenvalue weighted by Gasteiger charge is -2.14. The summed E-state index contributed by atoms with van der Waals surface area (Å²) in [5, 5.41) is 13.9. The Morgan fingerprint density at radius 2 is 1.30 bits per heavy atom. The van der Waals surface area contributed by atoms with Crippen LogP contribution in [0.2, 0.25) is 0 Å². The molecule has 7 aromatic carbocycles. The van der Waals surface area contributed by atoms with Crippen molar-refractivity contribution in [3.8, 4) is 5.69 Å². The minimum absolute atomic E-state index is 0.134. The quantitative estimate of drug-likeness (QED) is 0.225. The number of fused-ring (bicyclic) bond motifs is 11. The number of rotatable bonds is 2. The molecule has 2 aromatic heterocycles. The highest BCUT2D eigenvalue weighted by atomic mass is 32.2. The number of hydrogen-bond acceptors (Lipinski definition) is 3. The highest BCUT2D eigenvalue weighted by Gasteiger charge is 2.27. The average molecular weight is 569 g/mol. The molecule has 3 nitrogen and oxygen atoms in total. The summed E-state index contributed by atoms with van der Waals surface area (Å²) >= 11 is 1.87. The first kappa shape index (κ1) is 23.4. The van der Waals surface area contributed by atoms with E-state index in [0.717, 1.165) is 22.2 Å². The van der Waals surface area contributed by atoms with Gasteiger partial charge in [-0.25, -0.2) is 0 Å². The van der Waals surface area contributed by atoms with E-state index in [9.17, 15) is 0 Å². The number of aromatic nitrogens is 1. The maximum absolute atomic E-state index is 6.15. The molecule has 0 amide bonds. The zero-order valence-electron chi connectivity index (χ0n) is 23.0. The van der Waals surface area contributed by atoms with Crippen LogP contribution in [0.5, 0.6) is 0 Å². The van der Waals surface area contributed by atoms with E-state index < -0.39 is 0 Å². The molecule has 3 heterocycles. The molecule has 1 unspecified atom stereocenters. The number of para-hydroxylation sites is 1. The molecule has 0 aliphatic carbocycles. The molecule has 0 saturated heterocycles. The molecule has 0 spiro atoms. The van der Waals surface area contributed by atoms with Gasteiger partial charge in [-0.15, -0.1) is 0 Å². The molecular weight excluding hydrogens is 545 g/mol. The first-order valence-corrected chi connectivity index (χ1v) is 15.5. The Labute approximate surface area is 251 Å². The molecule has 0 radical (unpaired) electrons. The van der Waals surface area contributed by atoms with Crippen LogP contribution in [-0.4, -0.2) is 4.57 Å². The van der Waals surface area contributed by atoms with Crippen LogP contribution in [0.4, 0.5) is 5.69 Å². The van der Waals surface area contributed by atoms with Gasteiger partial charge in [-0.1, -0.05) is 96.7 Å². The number of thioether (sulfide) groups is 1. The molecule has 4 heteroatoms. The van der Waals surface area contributed by atoms with Crippen molar-refractivity contribution in [2.75, 3.05) is 5.32 Å². The third-order valence-corrected chi connectivity index (χ3v) is 10.2. The number of benzene rings is 7. The standard InChI is InChI=1S/C39H24N2OS/c1-2-9-26-22-32-30(21-25(26)8-1)36-28-10-4-3-7-23(28)15-18-31(36)41(32)27-16-13-24(14-17-27)39-40-38-35(43-39)20-19-34-37(38)29-11-5-6-12-33(29)42-34/h1-22,39-40H. The van der Waals surface area contributed by atoms with E-state index in [1.54, 1.807) is 0 Å². The van der Waals surface area contributed by atoms with Crippen LogP contribution in [0, 0.1) is 0 Å². The fourth-order valence-electron chi connectivity index (χ4n) is 7.03. The zero-order chi connectivity index (χ0) is 28.1. The van der Waals surface area contributed by atoms with E-state index in [0.29, 0.717) is 0 Å². The van der Waals surface area contributed by atoms with E-state index in [-0.39, 0.29) is 5.37 Å². The third kappa shape index (κ3) is 3.33. The lowest BCUT2D eigenvalue weighted by Crippen LogP contribution is -2.02. The average Bonchev–Trinajstić information content (AvgIpc) is 3.75. The Balaban J connectivity index is 1.11. The van der Waals surface area contributed by atoms with Crippen molar-refractivity contribution in [3.05, 3.63) is 139 Å². The molecule has 1 aliphatic rings. The second-order valence-corrected chi connectivity index (χ2v) is 12.5. The largest absolute Gasteiger partial charge is 0.456 e. The van der Waals surface area contributed by atoms with Gasteiger partial charge < -0.3 is 14.3 Å². The lowest BCUT2D eigenvalue weighted by atomic mass is 10.0. The minimum Gasteiger partial charge on any atom is -0.456 e. The number of furan rings is 1. The van der Waals surface area contributed by atoms with Crippen LogP contribution in [0.3, 0.4) is 0 Å². The first-order chi connectivity index (χ1) is 21.3. The molecule has 202 valence electrons. The van der Waals surface area contributed by atoms with Crippen molar-refractivity contribution in [2.45, 2.75) is 10.3 Å². The monoisotopic (exact) mass is 568 g/mol. The summed E-state index contributed by atoms with van der Waals surface area (Å²) in [5.41, 5.74) is 7.90. The van der Waals surface area contributed by atoms with Crippen LogP contribution >= 0.6 is 11.8 Å². The van der Waals surface area contributed by atoms with Crippen LogP contribution < -0.4 is 5.32 Å². The number of nitrogens with one attached hydrogen (secondary N) is 1. The van der Waals surface area contributed by atoms with Gasteiger partial charge in [-0.2, -0.15) is 0 Å². The van der Waals surface area contributed by atoms with Gasteiger partial charge in [0.15, 0.2) is 0 Å². The molecule has 0 saturated carbocycles. The zero-order valence-corrected chi connectivity index (χ0v) is 23.9. The van der Waals surface area contributed by atoms with E-state index in [4.69, 9.17) is 4.42 Å². The second kappa shape index (κ2) is 8.66. The topological polar surface area (TPSA) is 30.1 Å². The Hall–Kier alpha value is -5.19.